The van der Waals surface area contributed by atoms with Gasteiger partial charge in [0.25, 0.3) is 5.56 Å². The fraction of sp³-hybridized carbons (Fsp3) is 0.357. The Balaban J connectivity index is 1.46. The number of nitrogens with one attached hydrogen (secondary N) is 1. The van der Waals surface area contributed by atoms with E-state index in [9.17, 15) is 14.4 Å². The molecule has 1 atom stereocenters. The van der Waals surface area contributed by atoms with Crippen molar-refractivity contribution in [2.75, 3.05) is 11.9 Å². The van der Waals surface area contributed by atoms with Crippen molar-refractivity contribution in [1.29, 1.82) is 0 Å². The summed E-state index contributed by atoms with van der Waals surface area (Å²) in [5.41, 5.74) is 4.13. The topological polar surface area (TPSA) is 90.3 Å². The first kappa shape index (κ1) is 25.4. The first-order valence-corrected chi connectivity index (χ1v) is 14.1. The van der Waals surface area contributed by atoms with Crippen molar-refractivity contribution in [1.82, 2.24) is 9.55 Å². The van der Waals surface area contributed by atoms with Gasteiger partial charge in [-0.1, -0.05) is 36.8 Å². The van der Waals surface area contributed by atoms with E-state index in [4.69, 9.17) is 4.74 Å². The minimum atomic E-state index is -0.415. The molecular weight excluding hydrogens is 506 g/mol. The number of carbonyl (C=O) groups excluding carboxylic acids is 2. The summed E-state index contributed by atoms with van der Waals surface area (Å²) in [7, 11) is 0. The SMILES string of the molecule is CCOC(=O)c1c(NC(=O)Cn2cnc3sc(C)c(-c4ccc(C)cc4)c3c2=O)sc2c1CCC(C)C2. The van der Waals surface area contributed by atoms with E-state index >= 15 is 0 Å². The highest BCUT2D eigenvalue weighted by molar-refractivity contribution is 7.19. The number of carbonyl (C=O) groups is 2. The highest BCUT2D eigenvalue weighted by atomic mass is 32.1. The molecule has 7 nitrogen and oxygen atoms in total. The second-order valence-corrected chi connectivity index (χ2v) is 11.9. The summed E-state index contributed by atoms with van der Waals surface area (Å²) in [6.45, 7) is 8.02. The van der Waals surface area contributed by atoms with Crippen molar-refractivity contribution in [3.8, 4) is 11.1 Å². The average molecular weight is 536 g/mol. The monoisotopic (exact) mass is 535 g/mol. The van der Waals surface area contributed by atoms with Crippen LogP contribution in [0.15, 0.2) is 35.4 Å². The predicted octanol–water partition coefficient (Wildman–Crippen LogP) is 5.74. The molecule has 0 spiro atoms. The van der Waals surface area contributed by atoms with Gasteiger partial charge in [-0.2, -0.15) is 0 Å². The summed E-state index contributed by atoms with van der Waals surface area (Å²) in [4.78, 5) is 46.7. The number of hydrogen-bond donors (Lipinski definition) is 1. The molecule has 1 N–H and O–H groups in total. The molecule has 1 unspecified atom stereocenters. The van der Waals surface area contributed by atoms with Gasteiger partial charge in [-0.25, -0.2) is 9.78 Å². The van der Waals surface area contributed by atoms with E-state index in [1.807, 2.05) is 38.1 Å². The molecule has 0 bridgehead atoms. The zero-order valence-electron chi connectivity index (χ0n) is 21.3. The van der Waals surface area contributed by atoms with E-state index in [1.54, 1.807) is 6.92 Å². The van der Waals surface area contributed by atoms with Crippen LogP contribution in [0.5, 0.6) is 0 Å². The summed E-state index contributed by atoms with van der Waals surface area (Å²) in [6.07, 6.45) is 4.08. The highest BCUT2D eigenvalue weighted by Crippen LogP contribution is 2.40. The number of amides is 1. The van der Waals surface area contributed by atoms with Gasteiger partial charge in [-0.3, -0.25) is 14.2 Å². The number of aryl methyl sites for hydroxylation is 2. The molecule has 1 aromatic carbocycles. The second-order valence-electron chi connectivity index (χ2n) is 9.58. The molecule has 3 aromatic heterocycles. The summed E-state index contributed by atoms with van der Waals surface area (Å²) in [5.74, 6) is -0.274. The van der Waals surface area contributed by atoms with Crippen LogP contribution in [0.4, 0.5) is 5.00 Å². The Morgan fingerprint density at radius 1 is 1.19 bits per heavy atom. The molecule has 1 aliphatic rings. The van der Waals surface area contributed by atoms with Crippen LogP contribution in [-0.2, 0) is 28.9 Å². The molecule has 4 aromatic rings. The van der Waals surface area contributed by atoms with Crippen molar-refractivity contribution < 1.29 is 14.3 Å². The number of benzene rings is 1. The molecule has 0 aliphatic heterocycles. The van der Waals surface area contributed by atoms with Gasteiger partial charge in [0, 0.05) is 15.3 Å². The molecule has 192 valence electrons. The summed E-state index contributed by atoms with van der Waals surface area (Å²) < 4.78 is 6.64. The molecule has 1 amide bonds. The lowest BCUT2D eigenvalue weighted by atomic mass is 9.88. The Morgan fingerprint density at radius 3 is 2.68 bits per heavy atom. The van der Waals surface area contributed by atoms with Crippen molar-refractivity contribution in [3.05, 3.63) is 67.4 Å². The van der Waals surface area contributed by atoms with Gasteiger partial charge < -0.3 is 10.1 Å². The van der Waals surface area contributed by atoms with Crippen LogP contribution in [0.1, 0.15) is 51.5 Å². The van der Waals surface area contributed by atoms with Gasteiger partial charge >= 0.3 is 5.97 Å². The molecule has 0 saturated heterocycles. The maximum atomic E-state index is 13.5. The normalized spacial score (nSPS) is 15.0. The first-order valence-electron chi connectivity index (χ1n) is 12.4. The molecule has 5 rings (SSSR count). The number of rotatable bonds is 6. The lowest BCUT2D eigenvalue weighted by molar-refractivity contribution is -0.116. The lowest BCUT2D eigenvalue weighted by Gasteiger charge is -2.18. The van der Waals surface area contributed by atoms with Crippen molar-refractivity contribution in [2.45, 2.75) is 53.5 Å². The van der Waals surface area contributed by atoms with Crippen LogP contribution in [-0.4, -0.2) is 28.0 Å². The fourth-order valence-corrected chi connectivity index (χ4v) is 7.32. The molecule has 37 heavy (non-hydrogen) atoms. The number of thiophene rings is 2. The van der Waals surface area contributed by atoms with E-state index in [0.717, 1.165) is 51.3 Å². The summed E-state index contributed by atoms with van der Waals surface area (Å²) in [6, 6.07) is 8.04. The van der Waals surface area contributed by atoms with Crippen molar-refractivity contribution in [3.63, 3.8) is 0 Å². The number of fused-ring (bicyclic) bond motifs is 2. The number of nitrogens with zero attached hydrogens (tertiary/aromatic N) is 2. The Labute approximate surface area is 223 Å². The third-order valence-electron chi connectivity index (χ3n) is 6.75. The zero-order chi connectivity index (χ0) is 26.3. The molecule has 1 aliphatic carbocycles. The number of anilines is 1. The maximum Gasteiger partial charge on any atom is 0.341 e. The van der Waals surface area contributed by atoms with Gasteiger partial charge in [0.1, 0.15) is 16.4 Å². The molecule has 0 fully saturated rings. The number of hydrogen-bond acceptors (Lipinski definition) is 7. The maximum absolute atomic E-state index is 13.5. The van der Waals surface area contributed by atoms with Gasteiger partial charge in [0.15, 0.2) is 0 Å². The second kappa shape index (κ2) is 10.2. The Kier molecular flexibility index (Phi) is 7.00. The van der Waals surface area contributed by atoms with E-state index in [2.05, 4.69) is 17.2 Å². The third-order valence-corrected chi connectivity index (χ3v) is 8.94. The lowest BCUT2D eigenvalue weighted by Crippen LogP contribution is -2.28. The van der Waals surface area contributed by atoms with E-state index in [0.29, 0.717) is 26.7 Å². The van der Waals surface area contributed by atoms with Crippen LogP contribution < -0.4 is 10.9 Å². The van der Waals surface area contributed by atoms with Crippen LogP contribution >= 0.6 is 22.7 Å². The Hall–Kier alpha value is -3.30. The minimum Gasteiger partial charge on any atom is -0.462 e. The minimum absolute atomic E-state index is 0.203. The van der Waals surface area contributed by atoms with E-state index in [-0.39, 0.29) is 24.6 Å². The van der Waals surface area contributed by atoms with E-state index in [1.165, 1.54) is 33.6 Å². The van der Waals surface area contributed by atoms with Gasteiger partial charge in [0.05, 0.1) is 23.9 Å². The first-order chi connectivity index (χ1) is 17.8. The summed E-state index contributed by atoms with van der Waals surface area (Å²) in [5, 5.41) is 3.92. The van der Waals surface area contributed by atoms with Crippen LogP contribution in [0.2, 0.25) is 0 Å². The molecule has 3 heterocycles. The van der Waals surface area contributed by atoms with Crippen molar-refractivity contribution in [2.24, 2.45) is 5.92 Å². The van der Waals surface area contributed by atoms with Crippen LogP contribution in [0.3, 0.4) is 0 Å². The predicted molar refractivity (Wildman–Crippen MR) is 149 cm³/mol. The quantitative estimate of drug-likeness (QED) is 0.318. The van der Waals surface area contributed by atoms with Gasteiger partial charge in [0.2, 0.25) is 5.91 Å². The van der Waals surface area contributed by atoms with Gasteiger partial charge in [-0.05, 0) is 57.1 Å². The third kappa shape index (κ3) is 4.85. The average Bonchev–Trinajstić information content (AvgIpc) is 3.38. The molecule has 0 radical (unpaired) electrons. The fourth-order valence-electron chi connectivity index (χ4n) is 4.90. The molecule has 9 heteroatoms. The Bertz CT molecular complexity index is 1560. The number of aromatic nitrogens is 2. The standard InChI is InChI=1S/C28H29N3O4S2/c1-5-35-28(34)23-19-11-8-16(3)12-20(19)37-26(23)30-21(32)13-31-14-29-25-24(27(31)33)22(17(4)36-25)18-9-6-15(2)7-10-18/h6-7,9-10,14,16H,5,8,11-13H2,1-4H3,(H,30,32). The van der Waals surface area contributed by atoms with Crippen LogP contribution in [0, 0.1) is 19.8 Å². The van der Waals surface area contributed by atoms with Crippen molar-refractivity contribution >= 4 is 49.8 Å². The smallest absolute Gasteiger partial charge is 0.341 e. The largest absolute Gasteiger partial charge is 0.462 e. The van der Waals surface area contributed by atoms with Crippen LogP contribution in [0.25, 0.3) is 21.3 Å². The van der Waals surface area contributed by atoms with Gasteiger partial charge in [-0.15, -0.1) is 22.7 Å². The number of ether oxygens (including phenoxy) is 1. The zero-order valence-corrected chi connectivity index (χ0v) is 23.0. The molecule has 0 saturated carbocycles. The van der Waals surface area contributed by atoms with E-state index < -0.39 is 5.97 Å². The number of esters is 1. The Morgan fingerprint density at radius 2 is 1.95 bits per heavy atom. The summed E-state index contributed by atoms with van der Waals surface area (Å²) >= 11 is 2.91. The molecular formula is C28H29N3O4S2. The highest BCUT2D eigenvalue weighted by Gasteiger charge is 2.29.